The normalized spacial score (nSPS) is 14.8. The molecule has 0 saturated heterocycles. The van der Waals surface area contributed by atoms with Crippen molar-refractivity contribution in [1.82, 2.24) is 4.57 Å². The van der Waals surface area contributed by atoms with Crippen LogP contribution in [-0.2, 0) is 16.1 Å². The molecular formula is C32H29BrN2O5S2. The summed E-state index contributed by atoms with van der Waals surface area (Å²) in [5.74, 6) is 0.679. The van der Waals surface area contributed by atoms with E-state index in [0.717, 1.165) is 26.1 Å². The Balaban J connectivity index is 1.53. The molecule has 0 spiro atoms. The zero-order chi connectivity index (χ0) is 29.8. The SMILES string of the molecule is CCOC(=O)C1=C(C)N=c2s/c(=C\c3ccc(OCc4ccc(Br)cc4)c(OC)c3)c(=O)n2[C@@H]1c1ccc(SC)cc1. The number of methoxy groups -OCH3 is 1. The topological polar surface area (TPSA) is 79.1 Å². The fraction of sp³-hybridized carbons (Fsp3) is 0.219. The molecule has 1 aliphatic heterocycles. The number of halogens is 1. The van der Waals surface area contributed by atoms with Crippen LogP contribution in [0.1, 0.15) is 36.6 Å². The number of thioether (sulfide) groups is 1. The largest absolute Gasteiger partial charge is 0.493 e. The lowest BCUT2D eigenvalue weighted by Gasteiger charge is -2.24. The summed E-state index contributed by atoms with van der Waals surface area (Å²) in [4.78, 5) is 33.3. The summed E-state index contributed by atoms with van der Waals surface area (Å²) in [6, 6.07) is 20.7. The summed E-state index contributed by atoms with van der Waals surface area (Å²) in [6.07, 6.45) is 3.81. The van der Waals surface area contributed by atoms with Crippen LogP contribution in [0.2, 0.25) is 0 Å². The van der Waals surface area contributed by atoms with E-state index in [0.29, 0.717) is 38.7 Å². The lowest BCUT2D eigenvalue weighted by atomic mass is 9.96. The van der Waals surface area contributed by atoms with Crippen molar-refractivity contribution in [3.05, 3.63) is 119 Å². The van der Waals surface area contributed by atoms with Gasteiger partial charge in [-0.05, 0) is 79.3 Å². The van der Waals surface area contributed by atoms with E-state index in [1.165, 1.54) is 11.3 Å². The van der Waals surface area contributed by atoms with Crippen molar-refractivity contribution in [2.45, 2.75) is 31.4 Å². The molecule has 3 aromatic carbocycles. The van der Waals surface area contributed by atoms with Gasteiger partial charge in [-0.2, -0.15) is 0 Å². The highest BCUT2D eigenvalue weighted by Crippen LogP contribution is 2.32. The number of nitrogens with zero attached hydrogens (tertiary/aromatic N) is 2. The summed E-state index contributed by atoms with van der Waals surface area (Å²) >= 11 is 6.35. The minimum Gasteiger partial charge on any atom is -0.493 e. The number of ether oxygens (including phenoxy) is 3. The highest BCUT2D eigenvalue weighted by atomic mass is 79.9. The van der Waals surface area contributed by atoms with Crippen molar-refractivity contribution < 1.29 is 19.0 Å². The first-order valence-electron chi connectivity index (χ1n) is 13.2. The number of carbonyl (C=O) groups excluding carboxylic acids is 1. The first-order valence-corrected chi connectivity index (χ1v) is 16.0. The van der Waals surface area contributed by atoms with Crippen LogP contribution in [0.15, 0.2) is 97.2 Å². The summed E-state index contributed by atoms with van der Waals surface area (Å²) < 4.78 is 20.1. The molecule has 0 unspecified atom stereocenters. The highest BCUT2D eigenvalue weighted by Gasteiger charge is 2.33. The Morgan fingerprint density at radius 2 is 1.83 bits per heavy atom. The first kappa shape index (κ1) is 29.9. The van der Waals surface area contributed by atoms with Crippen molar-refractivity contribution in [2.75, 3.05) is 20.0 Å². The fourth-order valence-corrected chi connectivity index (χ4v) is 6.40. The van der Waals surface area contributed by atoms with Crippen molar-refractivity contribution in [2.24, 2.45) is 4.99 Å². The number of rotatable bonds is 9. The van der Waals surface area contributed by atoms with Gasteiger partial charge in [-0.1, -0.05) is 57.6 Å². The summed E-state index contributed by atoms with van der Waals surface area (Å²) in [5.41, 5.74) is 3.28. The van der Waals surface area contributed by atoms with E-state index in [9.17, 15) is 9.59 Å². The zero-order valence-corrected chi connectivity index (χ0v) is 26.8. The molecule has 2 heterocycles. The van der Waals surface area contributed by atoms with E-state index >= 15 is 0 Å². The molecule has 0 fully saturated rings. The van der Waals surface area contributed by atoms with Crippen LogP contribution in [0.3, 0.4) is 0 Å². The lowest BCUT2D eigenvalue weighted by molar-refractivity contribution is -0.139. The third kappa shape index (κ3) is 6.25. The van der Waals surface area contributed by atoms with Crippen LogP contribution < -0.4 is 24.4 Å². The van der Waals surface area contributed by atoms with Crippen molar-refractivity contribution in [3.8, 4) is 11.5 Å². The van der Waals surface area contributed by atoms with Gasteiger partial charge in [-0.25, -0.2) is 9.79 Å². The summed E-state index contributed by atoms with van der Waals surface area (Å²) in [5, 5.41) is 0. The molecule has 1 aromatic heterocycles. The fourth-order valence-electron chi connectivity index (χ4n) is 4.68. The minimum atomic E-state index is -0.651. The molecule has 42 heavy (non-hydrogen) atoms. The average molecular weight is 666 g/mol. The Morgan fingerprint density at radius 3 is 2.50 bits per heavy atom. The van der Waals surface area contributed by atoms with Gasteiger partial charge >= 0.3 is 5.97 Å². The number of benzene rings is 3. The molecule has 0 radical (unpaired) electrons. The molecule has 0 aliphatic carbocycles. The number of thiazole rings is 1. The maximum atomic E-state index is 13.9. The van der Waals surface area contributed by atoms with Crippen LogP contribution in [-0.4, -0.2) is 30.5 Å². The van der Waals surface area contributed by atoms with E-state index in [4.69, 9.17) is 14.2 Å². The molecule has 1 aliphatic rings. The molecule has 0 saturated carbocycles. The van der Waals surface area contributed by atoms with Crippen LogP contribution in [0, 0.1) is 0 Å². The van der Waals surface area contributed by atoms with Crippen molar-refractivity contribution in [3.63, 3.8) is 0 Å². The van der Waals surface area contributed by atoms with Crippen molar-refractivity contribution >= 4 is 51.1 Å². The van der Waals surface area contributed by atoms with E-state index in [-0.39, 0.29) is 12.2 Å². The molecule has 216 valence electrons. The molecular weight excluding hydrogens is 636 g/mol. The number of carbonyl (C=O) groups is 1. The second kappa shape index (κ2) is 13.1. The Hall–Kier alpha value is -3.60. The summed E-state index contributed by atoms with van der Waals surface area (Å²) in [7, 11) is 1.58. The van der Waals surface area contributed by atoms with Gasteiger partial charge in [0, 0.05) is 9.37 Å². The molecule has 7 nitrogen and oxygen atoms in total. The van der Waals surface area contributed by atoms with Gasteiger partial charge in [0.15, 0.2) is 16.3 Å². The van der Waals surface area contributed by atoms with E-state index in [1.54, 1.807) is 37.3 Å². The monoisotopic (exact) mass is 664 g/mol. The molecule has 10 heteroatoms. The van der Waals surface area contributed by atoms with Gasteiger partial charge in [0.05, 0.1) is 35.6 Å². The quantitative estimate of drug-likeness (QED) is 0.165. The summed E-state index contributed by atoms with van der Waals surface area (Å²) in [6.45, 7) is 4.16. The second-order valence-corrected chi connectivity index (χ2v) is 12.2. The predicted octanol–water partition coefficient (Wildman–Crippen LogP) is 5.87. The average Bonchev–Trinajstić information content (AvgIpc) is 3.30. The van der Waals surface area contributed by atoms with Crippen molar-refractivity contribution in [1.29, 1.82) is 0 Å². The Kier molecular flexibility index (Phi) is 9.35. The van der Waals surface area contributed by atoms with E-state index < -0.39 is 12.0 Å². The van der Waals surface area contributed by atoms with E-state index in [2.05, 4.69) is 20.9 Å². The third-order valence-electron chi connectivity index (χ3n) is 6.74. The Morgan fingerprint density at radius 1 is 1.10 bits per heavy atom. The Bertz CT molecular complexity index is 1830. The number of aromatic nitrogens is 1. The Labute approximate surface area is 260 Å². The first-order chi connectivity index (χ1) is 20.3. The maximum absolute atomic E-state index is 13.9. The molecule has 0 amide bonds. The molecule has 1 atom stereocenters. The van der Waals surface area contributed by atoms with Crippen LogP contribution in [0.5, 0.6) is 11.5 Å². The van der Waals surface area contributed by atoms with Crippen LogP contribution in [0.25, 0.3) is 6.08 Å². The smallest absolute Gasteiger partial charge is 0.338 e. The van der Waals surface area contributed by atoms with Gasteiger partial charge < -0.3 is 14.2 Å². The van der Waals surface area contributed by atoms with Gasteiger partial charge in [0.25, 0.3) is 5.56 Å². The number of esters is 1. The number of allylic oxidation sites excluding steroid dienone is 1. The lowest BCUT2D eigenvalue weighted by Crippen LogP contribution is -2.39. The van der Waals surface area contributed by atoms with Gasteiger partial charge in [0.2, 0.25) is 0 Å². The molecule has 5 rings (SSSR count). The standard InChI is InChI=1S/C32H29BrN2O5S2/c1-5-39-31(37)28-19(2)34-32-35(29(28)22-9-13-24(41-4)14-10-22)30(36)27(42-32)17-21-8-15-25(26(16-21)38-3)40-18-20-6-11-23(33)12-7-20/h6-17,29H,5,18H2,1-4H3/b27-17-/t29-/m1/s1. The number of hydrogen-bond donors (Lipinski definition) is 0. The van der Waals surface area contributed by atoms with Crippen LogP contribution in [0.4, 0.5) is 0 Å². The number of hydrogen-bond acceptors (Lipinski definition) is 8. The van der Waals surface area contributed by atoms with Gasteiger partial charge in [-0.15, -0.1) is 11.8 Å². The molecule has 0 bridgehead atoms. The minimum absolute atomic E-state index is 0.225. The van der Waals surface area contributed by atoms with E-state index in [1.807, 2.05) is 79.1 Å². The maximum Gasteiger partial charge on any atom is 0.338 e. The third-order valence-corrected chi connectivity index (χ3v) is 9.00. The molecule has 0 N–H and O–H groups in total. The van der Waals surface area contributed by atoms with Gasteiger partial charge in [0.1, 0.15) is 6.61 Å². The highest BCUT2D eigenvalue weighted by molar-refractivity contribution is 9.10. The second-order valence-electron chi connectivity index (χ2n) is 9.40. The van der Waals surface area contributed by atoms with Gasteiger partial charge in [-0.3, -0.25) is 9.36 Å². The zero-order valence-electron chi connectivity index (χ0n) is 23.5. The van der Waals surface area contributed by atoms with Crippen LogP contribution >= 0.6 is 39.0 Å². The molecule has 4 aromatic rings. The number of fused-ring (bicyclic) bond motifs is 1. The predicted molar refractivity (Wildman–Crippen MR) is 170 cm³/mol.